The van der Waals surface area contributed by atoms with E-state index >= 15 is 0 Å². The Labute approximate surface area is 237 Å². The molecule has 0 N–H and O–H groups in total. The van der Waals surface area contributed by atoms with Gasteiger partial charge in [-0.05, 0) is 57.5 Å². The molecule has 1 aromatic heterocycles. The first kappa shape index (κ1) is 27.7. The molecule has 40 heavy (non-hydrogen) atoms. The number of hydrogen-bond acceptors (Lipinski definition) is 7. The second kappa shape index (κ2) is 12.1. The minimum Gasteiger partial charge on any atom is -0.462 e. The van der Waals surface area contributed by atoms with Crippen LogP contribution in [0.5, 0.6) is 6.01 Å². The van der Waals surface area contributed by atoms with Gasteiger partial charge in [-0.3, -0.25) is 4.79 Å². The van der Waals surface area contributed by atoms with Crippen molar-refractivity contribution >= 4 is 23.5 Å². The van der Waals surface area contributed by atoms with Crippen LogP contribution in [0.2, 0.25) is 0 Å². The molecule has 0 bridgehead atoms. The predicted octanol–water partition coefficient (Wildman–Crippen LogP) is 3.59. The molecule has 210 valence electrons. The molecule has 1 amide bonds. The number of fused-ring (bicyclic) bond motifs is 1. The summed E-state index contributed by atoms with van der Waals surface area (Å²) in [5, 5.41) is 0. The van der Waals surface area contributed by atoms with Gasteiger partial charge in [-0.15, -0.1) is 0 Å². The van der Waals surface area contributed by atoms with Gasteiger partial charge in [-0.2, -0.15) is 9.97 Å². The molecule has 2 fully saturated rings. The lowest BCUT2D eigenvalue weighted by Gasteiger charge is -2.41. The fraction of sp³-hybridized carbons (Fsp3) is 0.484. The Morgan fingerprint density at radius 3 is 2.75 bits per heavy atom. The molecule has 5 rings (SSSR count). The number of ether oxygens (including phenoxy) is 1. The highest BCUT2D eigenvalue weighted by atomic mass is 16.5. The van der Waals surface area contributed by atoms with Crippen LogP contribution in [0.15, 0.2) is 37.4 Å². The third-order valence-corrected chi connectivity index (χ3v) is 8.49. The molecule has 0 spiro atoms. The number of likely N-dealkylation sites (N-methyl/N-ethyl adjacent to an activating group) is 1. The molecule has 2 atom stereocenters. The van der Waals surface area contributed by atoms with Gasteiger partial charge in [0.05, 0.1) is 12.2 Å². The van der Waals surface area contributed by atoms with Crippen LogP contribution in [0.1, 0.15) is 35.2 Å². The summed E-state index contributed by atoms with van der Waals surface area (Å²) in [5.74, 6) is 0.739. The maximum Gasteiger partial charge on any atom is 0.318 e. The second-order valence-electron chi connectivity index (χ2n) is 10.9. The zero-order valence-corrected chi connectivity index (χ0v) is 23.7. The Bertz CT molecular complexity index is 1320. The minimum atomic E-state index is -0.221. The number of piperazine rings is 1. The monoisotopic (exact) mass is 541 g/mol. The van der Waals surface area contributed by atoms with E-state index in [9.17, 15) is 4.79 Å². The molecule has 9 nitrogen and oxygen atoms in total. The van der Waals surface area contributed by atoms with Crippen LogP contribution in [0.25, 0.3) is 10.9 Å². The van der Waals surface area contributed by atoms with Crippen LogP contribution in [-0.2, 0) is 17.8 Å². The average molecular weight is 542 g/mol. The van der Waals surface area contributed by atoms with Gasteiger partial charge in [0.2, 0.25) is 12.5 Å². The summed E-state index contributed by atoms with van der Waals surface area (Å²) < 4.78 is 6.26. The Morgan fingerprint density at radius 1 is 1.18 bits per heavy atom. The Balaban J connectivity index is 1.47. The van der Waals surface area contributed by atoms with Crippen LogP contribution in [0, 0.1) is 13.5 Å². The van der Waals surface area contributed by atoms with Gasteiger partial charge in [-0.1, -0.05) is 31.4 Å². The molecule has 3 aliphatic rings. The summed E-state index contributed by atoms with van der Waals surface area (Å²) in [5.41, 5.74) is 5.59. The van der Waals surface area contributed by atoms with Crippen LogP contribution in [0.3, 0.4) is 0 Å². The quantitative estimate of drug-likeness (QED) is 0.374. The minimum absolute atomic E-state index is 0.130. The lowest BCUT2D eigenvalue weighted by atomic mass is 10.0. The van der Waals surface area contributed by atoms with Crippen LogP contribution < -0.4 is 14.5 Å². The fourth-order valence-corrected chi connectivity index (χ4v) is 6.20. The third kappa shape index (κ3) is 5.54. The first-order chi connectivity index (χ1) is 19.4. The van der Waals surface area contributed by atoms with Crippen molar-refractivity contribution in [1.29, 1.82) is 0 Å². The molecule has 4 heterocycles. The lowest BCUT2D eigenvalue weighted by molar-refractivity contribution is -0.128. The van der Waals surface area contributed by atoms with Gasteiger partial charge in [0.15, 0.2) is 0 Å². The maximum atomic E-state index is 12.5. The number of likely N-dealkylation sites (tertiary alicyclic amines) is 1. The summed E-state index contributed by atoms with van der Waals surface area (Å²) >= 11 is 0. The van der Waals surface area contributed by atoms with E-state index in [0.29, 0.717) is 44.8 Å². The summed E-state index contributed by atoms with van der Waals surface area (Å²) in [4.78, 5) is 34.7. The lowest BCUT2D eigenvalue weighted by Crippen LogP contribution is -2.56. The number of amides is 1. The summed E-state index contributed by atoms with van der Waals surface area (Å²) in [6, 6.07) is 6.89. The first-order valence-corrected chi connectivity index (χ1v) is 14.1. The molecule has 2 saturated heterocycles. The SMILES string of the molecule is [C-]#[N+]C[C@H]1CN(c2nc(OC[C@H]3CCCN3C)nc3c2CCN(c2cccc(C)c2C=C)C3)CCN1C(=O)C=C. The standard InChI is InChI=1S/C31H39N7O2/c1-6-25-22(3)10-8-12-28(25)36-15-13-26-27(20-36)33-31(40-21-23-11-9-14-35(23)5)34-30(26)37-16-17-38(29(39)7-2)24(19-37)18-32-4/h6-8,10,12,23-24H,1-2,9,11,13-21H2,3,5H3/t23-,24+/m1/s1. The van der Waals surface area contributed by atoms with E-state index < -0.39 is 0 Å². The number of aromatic nitrogens is 2. The number of benzene rings is 1. The highest BCUT2D eigenvalue weighted by Crippen LogP contribution is 2.34. The van der Waals surface area contributed by atoms with E-state index in [-0.39, 0.29) is 18.5 Å². The topological polar surface area (TPSA) is 69.4 Å². The highest BCUT2D eigenvalue weighted by molar-refractivity contribution is 5.87. The van der Waals surface area contributed by atoms with Crippen molar-refractivity contribution in [1.82, 2.24) is 19.8 Å². The number of carbonyl (C=O) groups is 1. The Morgan fingerprint density at radius 2 is 2.02 bits per heavy atom. The smallest absolute Gasteiger partial charge is 0.318 e. The molecule has 3 aliphatic heterocycles. The Hall–Kier alpha value is -3.90. The van der Waals surface area contributed by atoms with Crippen molar-refractivity contribution in [3.8, 4) is 6.01 Å². The molecule has 0 radical (unpaired) electrons. The van der Waals surface area contributed by atoms with E-state index in [2.05, 4.69) is 64.9 Å². The molecule has 0 aliphatic carbocycles. The van der Waals surface area contributed by atoms with Crippen molar-refractivity contribution < 1.29 is 9.53 Å². The molecule has 2 aromatic rings. The van der Waals surface area contributed by atoms with E-state index in [0.717, 1.165) is 54.3 Å². The molecule has 0 unspecified atom stereocenters. The highest BCUT2D eigenvalue weighted by Gasteiger charge is 2.35. The predicted molar refractivity (Wildman–Crippen MR) is 159 cm³/mol. The van der Waals surface area contributed by atoms with Crippen molar-refractivity contribution in [2.45, 2.75) is 44.8 Å². The van der Waals surface area contributed by atoms with Crippen LogP contribution in [0.4, 0.5) is 11.5 Å². The molecule has 0 saturated carbocycles. The van der Waals surface area contributed by atoms with Gasteiger partial charge in [0, 0.05) is 49.0 Å². The van der Waals surface area contributed by atoms with Gasteiger partial charge in [0.1, 0.15) is 18.5 Å². The molecule has 1 aromatic carbocycles. The number of anilines is 2. The number of rotatable bonds is 8. The number of aryl methyl sites for hydroxylation is 1. The zero-order chi connectivity index (χ0) is 28.2. The zero-order valence-electron chi connectivity index (χ0n) is 23.7. The summed E-state index contributed by atoms with van der Waals surface area (Å²) in [6.45, 7) is 22.3. The third-order valence-electron chi connectivity index (χ3n) is 8.49. The van der Waals surface area contributed by atoms with Crippen molar-refractivity contribution in [2.75, 3.05) is 62.7 Å². The maximum absolute atomic E-state index is 12.5. The summed E-state index contributed by atoms with van der Waals surface area (Å²) in [7, 11) is 2.14. The van der Waals surface area contributed by atoms with E-state index in [1.807, 2.05) is 6.08 Å². The average Bonchev–Trinajstić information content (AvgIpc) is 3.39. The molecular formula is C31H39N7O2. The molecular weight excluding hydrogens is 502 g/mol. The van der Waals surface area contributed by atoms with Crippen LogP contribution in [-0.4, -0.2) is 90.7 Å². The van der Waals surface area contributed by atoms with Gasteiger partial charge < -0.3 is 29.2 Å². The number of hydrogen-bond donors (Lipinski definition) is 0. The second-order valence-corrected chi connectivity index (χ2v) is 10.9. The van der Waals surface area contributed by atoms with Crippen molar-refractivity contribution in [3.63, 3.8) is 0 Å². The first-order valence-electron chi connectivity index (χ1n) is 14.1. The van der Waals surface area contributed by atoms with Gasteiger partial charge in [0.25, 0.3) is 0 Å². The van der Waals surface area contributed by atoms with E-state index in [1.54, 1.807) is 4.90 Å². The van der Waals surface area contributed by atoms with Crippen molar-refractivity contribution in [3.05, 3.63) is 71.2 Å². The number of carbonyl (C=O) groups excluding carboxylic acids is 1. The van der Waals surface area contributed by atoms with Crippen molar-refractivity contribution in [2.24, 2.45) is 0 Å². The van der Waals surface area contributed by atoms with Crippen LogP contribution >= 0.6 is 0 Å². The summed E-state index contributed by atoms with van der Waals surface area (Å²) in [6.07, 6.45) is 6.34. The van der Waals surface area contributed by atoms with Gasteiger partial charge in [-0.25, -0.2) is 6.57 Å². The van der Waals surface area contributed by atoms with E-state index in [1.165, 1.54) is 18.1 Å². The van der Waals surface area contributed by atoms with Gasteiger partial charge >= 0.3 is 6.01 Å². The fourth-order valence-electron chi connectivity index (χ4n) is 6.20. The number of nitrogens with zero attached hydrogens (tertiary/aromatic N) is 7. The molecule has 9 heteroatoms. The Kier molecular flexibility index (Phi) is 8.36. The normalized spacial score (nSPS) is 21.1. The van der Waals surface area contributed by atoms with E-state index in [4.69, 9.17) is 21.3 Å². The largest absolute Gasteiger partial charge is 0.462 e.